The van der Waals surface area contributed by atoms with Crippen LogP contribution in [0.1, 0.15) is 10.4 Å². The van der Waals surface area contributed by atoms with Crippen molar-refractivity contribution < 1.29 is 4.79 Å². The first-order valence-electron chi connectivity index (χ1n) is 6.61. The van der Waals surface area contributed by atoms with Crippen LogP contribution in [0, 0.1) is 0 Å². The summed E-state index contributed by atoms with van der Waals surface area (Å²) in [6.07, 6.45) is 1.74. The van der Waals surface area contributed by atoms with Gasteiger partial charge in [0, 0.05) is 5.02 Å². The molecule has 0 saturated heterocycles. The monoisotopic (exact) mass is 455 g/mol. The molecule has 0 saturated carbocycles. The number of anilines is 1. The second kappa shape index (κ2) is 9.21. The van der Waals surface area contributed by atoms with Gasteiger partial charge < -0.3 is 0 Å². The molecule has 0 radical (unpaired) electrons. The summed E-state index contributed by atoms with van der Waals surface area (Å²) in [5.74, 6) is -0.487. The highest BCUT2D eigenvalue weighted by Crippen LogP contribution is 2.33. The van der Waals surface area contributed by atoms with E-state index in [0.717, 1.165) is 0 Å². The van der Waals surface area contributed by atoms with Gasteiger partial charge in [-0.2, -0.15) is 0 Å². The molecule has 0 heterocycles. The van der Waals surface area contributed by atoms with E-state index in [0.29, 0.717) is 20.8 Å². The van der Waals surface area contributed by atoms with Crippen molar-refractivity contribution in [1.29, 1.82) is 0 Å². The molecule has 0 bridgehead atoms. The maximum atomic E-state index is 12.4. The molecule has 1 amide bonds. The molecule has 0 aliphatic heterocycles. The van der Waals surface area contributed by atoms with E-state index in [4.69, 9.17) is 58.0 Å². The molecule has 132 valence electrons. The number of hydrogen-bond donors (Lipinski definition) is 2. The average Bonchev–Trinajstić information content (AvgIpc) is 2.52. The average molecular weight is 458 g/mol. The predicted octanol–water partition coefficient (Wildman–Crippen LogP) is 6.43. The topological polar surface area (TPSA) is 53.5 Å². The van der Waals surface area contributed by atoms with E-state index >= 15 is 0 Å². The molecular weight excluding hydrogens is 448 g/mol. The quantitative estimate of drug-likeness (QED) is 0.317. The summed E-state index contributed by atoms with van der Waals surface area (Å²) < 4.78 is 0. The second-order valence-electron chi connectivity index (χ2n) is 4.53. The number of amides is 1. The number of carbonyl (C=O) groups excluding carboxylic acids is 1. The van der Waals surface area contributed by atoms with Crippen molar-refractivity contribution in [2.24, 2.45) is 5.10 Å². The Bertz CT molecular complexity index is 801. The van der Waals surface area contributed by atoms with Crippen LogP contribution in [0.15, 0.2) is 35.4 Å². The van der Waals surface area contributed by atoms with E-state index < -0.39 is 5.91 Å². The van der Waals surface area contributed by atoms with Crippen LogP contribution < -0.4 is 10.7 Å². The fourth-order valence-corrected chi connectivity index (χ4v) is 3.56. The second-order valence-corrected chi connectivity index (χ2v) is 7.39. The van der Waals surface area contributed by atoms with E-state index in [1.165, 1.54) is 23.9 Å². The Hall–Kier alpha value is -0.820. The minimum Gasteiger partial charge on any atom is -0.300 e. The molecular formula is C15H10Cl5N3OS. The van der Waals surface area contributed by atoms with Crippen molar-refractivity contribution in [3.63, 3.8) is 0 Å². The molecule has 0 aliphatic rings. The van der Waals surface area contributed by atoms with Crippen molar-refractivity contribution >= 4 is 86.5 Å². The van der Waals surface area contributed by atoms with Crippen LogP contribution in [0.2, 0.25) is 25.1 Å². The summed E-state index contributed by atoms with van der Waals surface area (Å²) in [5, 5.41) is 8.43. The standard InChI is InChI=1S/C15H10Cl5N3OS/c1-25-15(21-14(24)12-8(17)3-2-4-9(12)18)23-22-13-10(19)5-7(16)6-11(13)20/h2-6,22H,1H3,(H,21,23,24). The van der Waals surface area contributed by atoms with Crippen molar-refractivity contribution in [2.45, 2.75) is 0 Å². The van der Waals surface area contributed by atoms with Crippen LogP contribution in [-0.4, -0.2) is 17.3 Å². The number of nitrogens with one attached hydrogen (secondary N) is 2. The zero-order chi connectivity index (χ0) is 18.6. The summed E-state index contributed by atoms with van der Waals surface area (Å²) in [4.78, 5) is 12.4. The van der Waals surface area contributed by atoms with Crippen molar-refractivity contribution in [3.05, 3.63) is 61.0 Å². The van der Waals surface area contributed by atoms with Gasteiger partial charge in [0.2, 0.25) is 0 Å². The normalized spacial score (nSPS) is 11.4. The summed E-state index contributed by atoms with van der Waals surface area (Å²) in [6, 6.07) is 7.84. The first kappa shape index (κ1) is 20.5. The molecule has 2 rings (SSSR count). The van der Waals surface area contributed by atoms with Gasteiger partial charge in [0.05, 0.1) is 31.3 Å². The van der Waals surface area contributed by atoms with Crippen molar-refractivity contribution in [1.82, 2.24) is 5.32 Å². The Morgan fingerprint density at radius 3 is 2.08 bits per heavy atom. The van der Waals surface area contributed by atoms with E-state index in [-0.39, 0.29) is 20.8 Å². The lowest BCUT2D eigenvalue weighted by atomic mass is 10.2. The van der Waals surface area contributed by atoms with Gasteiger partial charge in [-0.25, -0.2) is 0 Å². The third-order valence-electron chi connectivity index (χ3n) is 2.88. The number of benzene rings is 2. The van der Waals surface area contributed by atoms with E-state index in [1.54, 1.807) is 24.5 Å². The van der Waals surface area contributed by atoms with Gasteiger partial charge in [0.15, 0.2) is 5.17 Å². The van der Waals surface area contributed by atoms with Crippen LogP contribution in [0.4, 0.5) is 5.69 Å². The highest BCUT2D eigenvalue weighted by Gasteiger charge is 2.16. The third kappa shape index (κ3) is 5.33. The maximum absolute atomic E-state index is 12.4. The largest absolute Gasteiger partial charge is 0.300 e. The van der Waals surface area contributed by atoms with E-state index in [1.807, 2.05) is 0 Å². The van der Waals surface area contributed by atoms with Crippen LogP contribution in [0.5, 0.6) is 0 Å². The Labute approximate surface area is 173 Å². The van der Waals surface area contributed by atoms with E-state index in [9.17, 15) is 4.79 Å². The van der Waals surface area contributed by atoms with Gasteiger partial charge in [0.25, 0.3) is 5.91 Å². The highest BCUT2D eigenvalue weighted by atomic mass is 35.5. The van der Waals surface area contributed by atoms with Crippen LogP contribution in [0.3, 0.4) is 0 Å². The number of carbonyl (C=O) groups is 1. The molecule has 0 aromatic heterocycles. The van der Waals surface area contributed by atoms with Crippen molar-refractivity contribution in [3.8, 4) is 0 Å². The smallest absolute Gasteiger partial charge is 0.260 e. The maximum Gasteiger partial charge on any atom is 0.260 e. The third-order valence-corrected chi connectivity index (χ3v) is 4.90. The minimum absolute atomic E-state index is 0.162. The number of hydrogen-bond acceptors (Lipinski definition) is 4. The Morgan fingerprint density at radius 2 is 1.56 bits per heavy atom. The summed E-state index contributed by atoms with van der Waals surface area (Å²) in [6.45, 7) is 0. The lowest BCUT2D eigenvalue weighted by Gasteiger charge is -2.11. The molecule has 0 spiro atoms. The van der Waals surface area contributed by atoms with Gasteiger partial charge in [-0.15, -0.1) is 5.10 Å². The summed E-state index contributed by atoms with van der Waals surface area (Å²) in [5.41, 5.74) is 3.24. The number of nitrogens with zero attached hydrogens (tertiary/aromatic N) is 1. The van der Waals surface area contributed by atoms with Crippen molar-refractivity contribution in [2.75, 3.05) is 11.7 Å². The van der Waals surface area contributed by atoms with Crippen LogP contribution in [-0.2, 0) is 0 Å². The van der Waals surface area contributed by atoms with Crippen LogP contribution >= 0.6 is 69.8 Å². The van der Waals surface area contributed by atoms with Gasteiger partial charge in [0.1, 0.15) is 0 Å². The van der Waals surface area contributed by atoms with Gasteiger partial charge in [-0.3, -0.25) is 15.5 Å². The number of hydrazone groups is 1. The highest BCUT2D eigenvalue weighted by molar-refractivity contribution is 8.13. The molecule has 2 N–H and O–H groups in total. The molecule has 0 unspecified atom stereocenters. The number of halogens is 5. The zero-order valence-electron chi connectivity index (χ0n) is 12.5. The molecule has 25 heavy (non-hydrogen) atoms. The fraction of sp³-hybridized carbons (Fsp3) is 0.0667. The first-order chi connectivity index (χ1) is 11.8. The number of amidine groups is 1. The fourth-order valence-electron chi connectivity index (χ4n) is 1.75. The lowest BCUT2D eigenvalue weighted by Crippen LogP contribution is -2.29. The number of thioether (sulfide) groups is 1. The molecule has 10 heteroatoms. The number of rotatable bonds is 3. The minimum atomic E-state index is -0.487. The van der Waals surface area contributed by atoms with Crippen LogP contribution in [0.25, 0.3) is 0 Å². The lowest BCUT2D eigenvalue weighted by molar-refractivity contribution is 0.0978. The Kier molecular flexibility index (Phi) is 7.55. The van der Waals surface area contributed by atoms with E-state index in [2.05, 4.69) is 15.8 Å². The summed E-state index contributed by atoms with van der Waals surface area (Å²) >= 11 is 31.3. The Balaban J connectivity index is 2.20. The molecule has 0 fully saturated rings. The van der Waals surface area contributed by atoms with Gasteiger partial charge in [-0.05, 0) is 30.5 Å². The predicted molar refractivity (Wildman–Crippen MR) is 110 cm³/mol. The molecule has 4 nitrogen and oxygen atoms in total. The first-order valence-corrected chi connectivity index (χ1v) is 9.72. The summed E-state index contributed by atoms with van der Waals surface area (Å²) in [7, 11) is 0. The van der Waals surface area contributed by atoms with Gasteiger partial charge in [-0.1, -0.05) is 75.8 Å². The SMILES string of the molecule is CS/C(=N\Nc1c(Cl)cc(Cl)cc1Cl)NC(=O)c1c(Cl)cccc1Cl. The zero-order valence-corrected chi connectivity index (χ0v) is 17.1. The molecule has 0 atom stereocenters. The molecule has 0 aliphatic carbocycles. The van der Waals surface area contributed by atoms with Gasteiger partial charge >= 0.3 is 0 Å². The Morgan fingerprint density at radius 1 is 1.00 bits per heavy atom. The molecule has 2 aromatic rings. The molecule has 2 aromatic carbocycles.